The number of unbranched alkanes of at least 4 members (excludes halogenated alkanes) is 6. The van der Waals surface area contributed by atoms with E-state index in [1.807, 2.05) is 41.3 Å². The fourth-order valence-electron chi connectivity index (χ4n) is 5.41. The third-order valence-electron chi connectivity index (χ3n) is 7.68. The first-order valence-electron chi connectivity index (χ1n) is 15.3. The Bertz CT molecular complexity index is 1480. The van der Waals surface area contributed by atoms with Crippen molar-refractivity contribution in [3.63, 3.8) is 0 Å². The second-order valence-electron chi connectivity index (χ2n) is 10.9. The fourth-order valence-corrected chi connectivity index (χ4v) is 5.41. The Morgan fingerprint density at radius 2 is 1.60 bits per heavy atom. The molecule has 0 radical (unpaired) electrons. The molecule has 4 aromatic rings. The zero-order chi connectivity index (χ0) is 29.9. The lowest BCUT2D eigenvalue weighted by Gasteiger charge is -2.21. The molecule has 1 N–H and O–H groups in total. The van der Waals surface area contributed by atoms with Gasteiger partial charge < -0.3 is 19.3 Å². The molecule has 1 aromatic heterocycles. The van der Waals surface area contributed by atoms with E-state index in [4.69, 9.17) is 14.8 Å². The SMILES string of the molecule is CCCCCCCCN(C(C)=O)c1ccc2nc(CCCC)n(Cc3ccc(-c4ccccc4OC(=O)O)cc3)c2c1. The molecule has 42 heavy (non-hydrogen) atoms. The Morgan fingerprint density at radius 3 is 2.31 bits per heavy atom. The van der Waals surface area contributed by atoms with Gasteiger partial charge in [0.15, 0.2) is 0 Å². The molecule has 4 rings (SSSR count). The van der Waals surface area contributed by atoms with Gasteiger partial charge in [0.1, 0.15) is 11.6 Å². The maximum atomic E-state index is 12.7. The van der Waals surface area contributed by atoms with Gasteiger partial charge in [-0.15, -0.1) is 0 Å². The second-order valence-corrected chi connectivity index (χ2v) is 10.9. The molecule has 0 aliphatic carbocycles. The van der Waals surface area contributed by atoms with Crippen LogP contribution >= 0.6 is 0 Å². The molecule has 0 aliphatic rings. The number of aryl methyl sites for hydroxylation is 1. The number of carboxylic acid groups (broad SMARTS) is 1. The monoisotopic (exact) mass is 569 g/mol. The van der Waals surface area contributed by atoms with Crippen molar-refractivity contribution >= 4 is 28.8 Å². The van der Waals surface area contributed by atoms with Crippen molar-refractivity contribution in [2.75, 3.05) is 11.4 Å². The normalized spacial score (nSPS) is 11.1. The van der Waals surface area contributed by atoms with E-state index in [9.17, 15) is 9.59 Å². The lowest BCUT2D eigenvalue weighted by Crippen LogP contribution is -2.29. The molecule has 7 nitrogen and oxygen atoms in total. The van der Waals surface area contributed by atoms with Gasteiger partial charge in [0.25, 0.3) is 0 Å². The minimum Gasteiger partial charge on any atom is -0.449 e. The summed E-state index contributed by atoms with van der Waals surface area (Å²) >= 11 is 0. The molecule has 222 valence electrons. The van der Waals surface area contributed by atoms with Crippen molar-refractivity contribution in [3.05, 3.63) is 78.1 Å². The van der Waals surface area contributed by atoms with E-state index in [2.05, 4.69) is 36.6 Å². The largest absolute Gasteiger partial charge is 0.511 e. The van der Waals surface area contributed by atoms with E-state index in [0.717, 1.165) is 77.9 Å². The number of rotatable bonds is 15. The highest BCUT2D eigenvalue weighted by Gasteiger charge is 2.17. The number of carbonyl (C=O) groups is 2. The quantitative estimate of drug-likeness (QED) is 0.0878. The molecule has 0 bridgehead atoms. The number of hydrogen-bond donors (Lipinski definition) is 1. The van der Waals surface area contributed by atoms with Gasteiger partial charge in [0.2, 0.25) is 5.91 Å². The zero-order valence-corrected chi connectivity index (χ0v) is 25.1. The molecule has 3 aromatic carbocycles. The molecule has 0 saturated carbocycles. The van der Waals surface area contributed by atoms with Gasteiger partial charge in [-0.3, -0.25) is 4.79 Å². The van der Waals surface area contributed by atoms with Crippen LogP contribution in [0, 0.1) is 0 Å². The van der Waals surface area contributed by atoms with Crippen LogP contribution in [0.1, 0.15) is 83.5 Å². The maximum Gasteiger partial charge on any atom is 0.511 e. The summed E-state index contributed by atoms with van der Waals surface area (Å²) in [6, 6.07) is 21.4. The minimum absolute atomic E-state index is 0.0583. The molecular formula is C35H43N3O4. The number of carbonyl (C=O) groups excluding carboxylic acids is 1. The van der Waals surface area contributed by atoms with Gasteiger partial charge in [-0.1, -0.05) is 94.8 Å². The van der Waals surface area contributed by atoms with Crippen LogP contribution in [0.15, 0.2) is 66.7 Å². The first kappa shape index (κ1) is 30.8. The number of hydrogen-bond acceptors (Lipinski definition) is 4. The predicted molar refractivity (Wildman–Crippen MR) is 169 cm³/mol. The summed E-state index contributed by atoms with van der Waals surface area (Å²) in [5.41, 5.74) is 5.58. The summed E-state index contributed by atoms with van der Waals surface area (Å²) in [4.78, 5) is 30.7. The lowest BCUT2D eigenvalue weighted by molar-refractivity contribution is -0.116. The Balaban J connectivity index is 1.60. The second kappa shape index (κ2) is 15.2. The van der Waals surface area contributed by atoms with Crippen LogP contribution < -0.4 is 9.64 Å². The first-order chi connectivity index (χ1) is 20.4. The van der Waals surface area contributed by atoms with E-state index in [1.54, 1.807) is 19.1 Å². The number of para-hydroxylation sites is 1. The topological polar surface area (TPSA) is 84.7 Å². The molecule has 0 saturated heterocycles. The Morgan fingerprint density at radius 1 is 0.881 bits per heavy atom. The summed E-state index contributed by atoms with van der Waals surface area (Å²) < 4.78 is 7.26. The molecule has 0 atom stereocenters. The van der Waals surface area contributed by atoms with Crippen molar-refractivity contribution in [3.8, 4) is 16.9 Å². The zero-order valence-electron chi connectivity index (χ0n) is 25.1. The summed E-state index contributed by atoms with van der Waals surface area (Å²) in [5, 5.41) is 9.11. The molecule has 1 amide bonds. The fraction of sp³-hybridized carbons (Fsp3) is 0.400. The van der Waals surface area contributed by atoms with Gasteiger partial charge >= 0.3 is 6.16 Å². The van der Waals surface area contributed by atoms with Crippen LogP contribution in [-0.2, 0) is 17.8 Å². The molecule has 0 fully saturated rings. The Labute approximate surface area is 249 Å². The van der Waals surface area contributed by atoms with Crippen molar-refractivity contribution in [2.24, 2.45) is 0 Å². The third kappa shape index (κ3) is 7.99. The highest BCUT2D eigenvalue weighted by Crippen LogP contribution is 2.31. The number of aromatic nitrogens is 2. The van der Waals surface area contributed by atoms with Crippen molar-refractivity contribution in [2.45, 2.75) is 85.1 Å². The number of amides is 1. The summed E-state index contributed by atoms with van der Waals surface area (Å²) in [5.74, 6) is 1.41. The number of nitrogens with zero attached hydrogens (tertiary/aromatic N) is 3. The van der Waals surface area contributed by atoms with Crippen LogP contribution in [0.4, 0.5) is 10.5 Å². The smallest absolute Gasteiger partial charge is 0.449 e. The summed E-state index contributed by atoms with van der Waals surface area (Å²) in [6.07, 6.45) is 8.77. The van der Waals surface area contributed by atoms with E-state index in [-0.39, 0.29) is 5.91 Å². The predicted octanol–water partition coefficient (Wildman–Crippen LogP) is 8.86. The number of imidazole rings is 1. The Kier molecular flexibility index (Phi) is 11.2. The van der Waals surface area contributed by atoms with Gasteiger partial charge in [0.05, 0.1) is 11.0 Å². The minimum atomic E-state index is -1.33. The van der Waals surface area contributed by atoms with Crippen LogP contribution in [0.25, 0.3) is 22.2 Å². The third-order valence-corrected chi connectivity index (χ3v) is 7.68. The van der Waals surface area contributed by atoms with E-state index in [1.165, 1.54) is 25.7 Å². The lowest BCUT2D eigenvalue weighted by atomic mass is 10.0. The maximum absolute atomic E-state index is 12.7. The summed E-state index contributed by atoms with van der Waals surface area (Å²) in [6.45, 7) is 7.41. The highest BCUT2D eigenvalue weighted by molar-refractivity contribution is 5.94. The molecule has 0 spiro atoms. The molecule has 0 unspecified atom stereocenters. The van der Waals surface area contributed by atoms with E-state index in [0.29, 0.717) is 12.3 Å². The van der Waals surface area contributed by atoms with E-state index >= 15 is 0 Å². The van der Waals surface area contributed by atoms with Gasteiger partial charge in [-0.25, -0.2) is 9.78 Å². The van der Waals surface area contributed by atoms with Gasteiger partial charge in [0, 0.05) is 37.7 Å². The number of ether oxygens (including phenoxy) is 1. The van der Waals surface area contributed by atoms with Gasteiger partial charge in [-0.2, -0.15) is 0 Å². The standard InChI is InChI=1S/C35H43N3O4/c1-4-6-8-9-10-13-23-37(26(3)39)29-21-22-31-32(24-29)38(34(36-31)16-7-5-2)25-27-17-19-28(20-18-27)30-14-11-12-15-33(30)42-35(40)41/h11-12,14-15,17-22,24H,4-10,13,16,23,25H2,1-3H3,(H,40,41). The average Bonchev–Trinajstić information content (AvgIpc) is 3.32. The molecule has 0 aliphatic heterocycles. The first-order valence-corrected chi connectivity index (χ1v) is 15.3. The van der Waals surface area contributed by atoms with Crippen molar-refractivity contribution in [1.82, 2.24) is 9.55 Å². The van der Waals surface area contributed by atoms with Crippen LogP contribution in [0.2, 0.25) is 0 Å². The number of anilines is 1. The highest BCUT2D eigenvalue weighted by atomic mass is 16.7. The Hall–Kier alpha value is -4.13. The van der Waals surface area contributed by atoms with Crippen LogP contribution in [0.3, 0.4) is 0 Å². The number of benzene rings is 3. The van der Waals surface area contributed by atoms with E-state index < -0.39 is 6.16 Å². The molecule has 7 heteroatoms. The van der Waals surface area contributed by atoms with Crippen LogP contribution in [0.5, 0.6) is 5.75 Å². The molecular weight excluding hydrogens is 526 g/mol. The summed E-state index contributed by atoms with van der Waals surface area (Å²) in [7, 11) is 0. The number of fused-ring (bicyclic) bond motifs is 1. The van der Waals surface area contributed by atoms with Crippen molar-refractivity contribution < 1.29 is 19.4 Å². The average molecular weight is 570 g/mol. The van der Waals surface area contributed by atoms with Crippen LogP contribution in [-0.4, -0.2) is 33.3 Å². The van der Waals surface area contributed by atoms with Crippen molar-refractivity contribution in [1.29, 1.82) is 0 Å². The van der Waals surface area contributed by atoms with Gasteiger partial charge in [-0.05, 0) is 48.2 Å². The molecule has 1 heterocycles.